The van der Waals surface area contributed by atoms with E-state index in [4.69, 9.17) is 29.2 Å². The van der Waals surface area contributed by atoms with E-state index in [0.717, 1.165) is 7.11 Å². The zero-order chi connectivity index (χ0) is 35.3. The Bertz CT molecular complexity index is 1480. The summed E-state index contributed by atoms with van der Waals surface area (Å²) in [5.74, 6) is -1.98. The SMILES string of the molecule is COC(=O)NC(CS[P@](=O)(N[C@H](C)C(=O)OC(C)C)OCC1OC(n2cnc3c(OC)nc(N)nc32)[C@](C)(O)[C@@H]1O)C(=O)OC(C)C. The molecule has 0 aliphatic carbocycles. The van der Waals surface area contributed by atoms with Crippen molar-refractivity contribution in [2.75, 3.05) is 32.3 Å². The molecule has 1 fully saturated rings. The molecule has 3 unspecified atom stereocenters. The van der Waals surface area contributed by atoms with Gasteiger partial charge >= 0.3 is 24.8 Å². The van der Waals surface area contributed by atoms with E-state index < -0.39 is 79.7 Å². The lowest BCUT2D eigenvalue weighted by Crippen LogP contribution is -2.45. The number of nitrogen functional groups attached to an aromatic ring is 1. The number of fused-ring (bicyclic) bond motifs is 1. The number of rotatable bonds is 15. The fraction of sp³-hybridized carbons (Fsp3) is 0.692. The quantitative estimate of drug-likeness (QED) is 0.0978. The average molecular weight is 708 g/mol. The Balaban J connectivity index is 1.86. The van der Waals surface area contributed by atoms with E-state index in [1.165, 1.54) is 31.9 Å². The fourth-order valence-corrected chi connectivity index (χ4v) is 8.21. The number of anilines is 1. The molecule has 0 aromatic carbocycles. The number of nitrogens with two attached hydrogens (primary N) is 1. The van der Waals surface area contributed by atoms with Crippen LogP contribution >= 0.6 is 18.1 Å². The zero-order valence-electron chi connectivity index (χ0n) is 27.2. The van der Waals surface area contributed by atoms with Crippen molar-refractivity contribution in [2.45, 2.75) is 89.9 Å². The van der Waals surface area contributed by atoms with Gasteiger partial charge in [-0.1, -0.05) is 11.4 Å². The van der Waals surface area contributed by atoms with Crippen molar-refractivity contribution in [1.29, 1.82) is 0 Å². The largest absolute Gasteiger partial charge is 0.479 e. The molecule has 0 saturated carbocycles. The van der Waals surface area contributed by atoms with Crippen LogP contribution in [0.15, 0.2) is 6.33 Å². The molecule has 19 nitrogen and oxygen atoms in total. The minimum absolute atomic E-state index is 0.0794. The molecule has 0 spiro atoms. The van der Waals surface area contributed by atoms with E-state index in [9.17, 15) is 29.2 Å². The first-order valence-electron chi connectivity index (χ1n) is 14.4. The lowest BCUT2D eigenvalue weighted by molar-refractivity contribution is -0.150. The predicted octanol–water partition coefficient (Wildman–Crippen LogP) is 0.890. The number of nitrogens with zero attached hydrogens (tertiary/aromatic N) is 4. The highest BCUT2D eigenvalue weighted by Crippen LogP contribution is 2.57. The number of amides is 1. The molecule has 264 valence electrons. The summed E-state index contributed by atoms with van der Waals surface area (Å²) >= 11 is 0.579. The minimum Gasteiger partial charge on any atom is -0.479 e. The second kappa shape index (κ2) is 15.8. The van der Waals surface area contributed by atoms with E-state index in [1.807, 2.05) is 0 Å². The molecule has 1 aliphatic heterocycles. The van der Waals surface area contributed by atoms with Gasteiger partial charge in [-0.2, -0.15) is 9.97 Å². The topological polar surface area (TPSA) is 258 Å². The predicted molar refractivity (Wildman–Crippen MR) is 167 cm³/mol. The maximum absolute atomic E-state index is 14.2. The minimum atomic E-state index is -4.19. The van der Waals surface area contributed by atoms with Crippen molar-refractivity contribution in [3.05, 3.63) is 6.33 Å². The second-order valence-electron chi connectivity index (χ2n) is 11.2. The van der Waals surface area contributed by atoms with Crippen molar-refractivity contribution >= 4 is 53.2 Å². The molecule has 47 heavy (non-hydrogen) atoms. The third-order valence-corrected chi connectivity index (χ3v) is 10.7. The Morgan fingerprint density at radius 3 is 2.38 bits per heavy atom. The molecule has 3 heterocycles. The van der Waals surface area contributed by atoms with Crippen LogP contribution < -0.4 is 20.9 Å². The Kier molecular flexibility index (Phi) is 12.8. The highest BCUT2D eigenvalue weighted by molar-refractivity contribution is 8.56. The first-order chi connectivity index (χ1) is 21.9. The number of aromatic nitrogens is 4. The van der Waals surface area contributed by atoms with Gasteiger partial charge < -0.3 is 49.5 Å². The molecule has 2 aromatic rings. The molecule has 7 atom stereocenters. The van der Waals surface area contributed by atoms with Crippen LogP contribution in [-0.4, -0.2) is 116 Å². The number of nitrogens with one attached hydrogen (secondary N) is 2. The Morgan fingerprint density at radius 1 is 1.15 bits per heavy atom. The van der Waals surface area contributed by atoms with Gasteiger partial charge in [0.2, 0.25) is 11.8 Å². The summed E-state index contributed by atoms with van der Waals surface area (Å²) in [5.41, 5.74) is 4.22. The molecule has 0 radical (unpaired) electrons. The van der Waals surface area contributed by atoms with Crippen molar-refractivity contribution in [1.82, 2.24) is 29.9 Å². The van der Waals surface area contributed by atoms with Gasteiger partial charge in [-0.15, -0.1) is 0 Å². The van der Waals surface area contributed by atoms with Crippen LogP contribution in [0.5, 0.6) is 5.88 Å². The number of esters is 2. The zero-order valence-corrected chi connectivity index (χ0v) is 28.9. The van der Waals surface area contributed by atoms with E-state index in [1.54, 1.807) is 27.7 Å². The van der Waals surface area contributed by atoms with E-state index in [-0.39, 0.29) is 28.7 Å². The molecule has 3 rings (SSSR count). The number of alkyl carbamates (subject to hydrolysis) is 1. The van der Waals surface area contributed by atoms with Crippen molar-refractivity contribution in [3.8, 4) is 5.88 Å². The smallest absolute Gasteiger partial charge is 0.407 e. The molecule has 1 saturated heterocycles. The maximum atomic E-state index is 14.2. The second-order valence-corrected chi connectivity index (χ2v) is 15.5. The van der Waals surface area contributed by atoms with Crippen LogP contribution in [0.2, 0.25) is 0 Å². The molecule has 6 N–H and O–H groups in total. The van der Waals surface area contributed by atoms with E-state index >= 15 is 0 Å². The summed E-state index contributed by atoms with van der Waals surface area (Å²) in [6, 6.07) is -2.49. The van der Waals surface area contributed by atoms with Gasteiger partial charge in [-0.25, -0.2) is 19.7 Å². The molecule has 1 amide bonds. The van der Waals surface area contributed by atoms with Gasteiger partial charge in [0.15, 0.2) is 17.4 Å². The van der Waals surface area contributed by atoms with Gasteiger partial charge in [-0.05, 0) is 41.5 Å². The van der Waals surface area contributed by atoms with Crippen LogP contribution in [-0.2, 0) is 37.6 Å². The van der Waals surface area contributed by atoms with Crippen molar-refractivity contribution in [3.63, 3.8) is 0 Å². The highest BCUT2D eigenvalue weighted by atomic mass is 32.7. The number of carbonyl (C=O) groups is 3. The number of hydrogen-bond acceptors (Lipinski definition) is 17. The molecule has 1 aliphatic rings. The van der Waals surface area contributed by atoms with Crippen LogP contribution in [0.4, 0.5) is 10.7 Å². The van der Waals surface area contributed by atoms with Gasteiger partial charge in [0.25, 0.3) is 0 Å². The van der Waals surface area contributed by atoms with E-state index in [2.05, 4.69) is 30.1 Å². The molecular formula is C26H42N7O12PS. The molecule has 0 bridgehead atoms. The van der Waals surface area contributed by atoms with E-state index in [0.29, 0.717) is 11.4 Å². The number of ether oxygens (including phenoxy) is 5. The Hall–Kier alpha value is -3.26. The number of imidazole rings is 1. The number of aliphatic hydroxyl groups excluding tert-OH is 1. The lowest BCUT2D eigenvalue weighted by atomic mass is 9.96. The third-order valence-electron chi connectivity index (χ3n) is 6.60. The summed E-state index contributed by atoms with van der Waals surface area (Å²) < 4.78 is 47.5. The van der Waals surface area contributed by atoms with Crippen LogP contribution in [0.3, 0.4) is 0 Å². The average Bonchev–Trinajstić information content (AvgIpc) is 3.49. The normalized spacial score (nSPS) is 23.7. The van der Waals surface area contributed by atoms with Gasteiger partial charge in [0.05, 0.1) is 39.4 Å². The fourth-order valence-electron chi connectivity index (χ4n) is 4.36. The Morgan fingerprint density at radius 2 is 1.79 bits per heavy atom. The van der Waals surface area contributed by atoms with Gasteiger partial charge in [0.1, 0.15) is 29.9 Å². The maximum Gasteiger partial charge on any atom is 0.407 e. The number of hydrogen-bond donors (Lipinski definition) is 5. The standard InChI is InChI=1S/C26H42N7O12PS/c1-12(2)43-21(35)14(5)32-46(39,47-10-15(29-25(37)41-8)22(36)44-13(3)4)42-9-16-18(34)26(6,38)23(45-16)33-11-28-17-19(33)30-24(27)31-20(17)40-7/h11-16,18,23,34,38H,9-10H2,1-8H3,(H,29,37)(H,32,39)(H2,27,30,31)/t14-,15?,16?,18-,23?,26-,46+/m1/s1. The number of aliphatic hydroxyl groups is 2. The van der Waals surface area contributed by atoms with Crippen LogP contribution in [0, 0.1) is 0 Å². The van der Waals surface area contributed by atoms with Crippen molar-refractivity contribution < 1.29 is 57.4 Å². The summed E-state index contributed by atoms with van der Waals surface area (Å²) in [4.78, 5) is 49.6. The highest BCUT2D eigenvalue weighted by Gasteiger charge is 2.54. The number of methoxy groups -OCH3 is 2. The molecule has 2 aromatic heterocycles. The summed E-state index contributed by atoms with van der Waals surface area (Å²) in [7, 11) is 2.47. The third kappa shape index (κ3) is 9.43. The first kappa shape index (κ1) is 38.2. The van der Waals surface area contributed by atoms with Gasteiger partial charge in [0, 0.05) is 5.75 Å². The summed E-state index contributed by atoms with van der Waals surface area (Å²) in [6.07, 6.45) is -4.80. The first-order valence-corrected chi connectivity index (χ1v) is 17.7. The Labute approximate surface area is 274 Å². The van der Waals surface area contributed by atoms with Crippen LogP contribution in [0.25, 0.3) is 11.2 Å². The van der Waals surface area contributed by atoms with Crippen LogP contribution in [0.1, 0.15) is 47.8 Å². The molecule has 21 heteroatoms. The summed E-state index contributed by atoms with van der Waals surface area (Å²) in [5, 5.41) is 27.4. The molecular weight excluding hydrogens is 665 g/mol. The summed E-state index contributed by atoms with van der Waals surface area (Å²) in [6.45, 7) is 4.44. The monoisotopic (exact) mass is 707 g/mol. The number of carbonyl (C=O) groups excluding carboxylic acids is 3. The lowest BCUT2D eigenvalue weighted by Gasteiger charge is -2.27. The van der Waals surface area contributed by atoms with Crippen molar-refractivity contribution in [2.24, 2.45) is 0 Å². The van der Waals surface area contributed by atoms with Gasteiger partial charge in [-0.3, -0.25) is 13.9 Å².